The van der Waals surface area contributed by atoms with Crippen LogP contribution >= 0.6 is 15.9 Å². The first kappa shape index (κ1) is 13.6. The molecule has 0 unspecified atom stereocenters. The Morgan fingerprint density at radius 3 is 3.10 bits per heavy atom. The van der Waals surface area contributed by atoms with Gasteiger partial charge in [-0.3, -0.25) is 19.6 Å². The molecule has 3 rings (SSSR count). The van der Waals surface area contributed by atoms with Gasteiger partial charge in [-0.25, -0.2) is 0 Å². The SMILES string of the molecule is O=C(CN1C(=O)COc2cc(Br)ccc21)Nc1ccn[nH]1. The van der Waals surface area contributed by atoms with Crippen molar-refractivity contribution in [3.8, 4) is 5.75 Å². The lowest BCUT2D eigenvalue weighted by Crippen LogP contribution is -2.43. The molecule has 0 fully saturated rings. The number of halogens is 1. The monoisotopic (exact) mass is 350 g/mol. The fourth-order valence-electron chi connectivity index (χ4n) is 2.01. The summed E-state index contributed by atoms with van der Waals surface area (Å²) in [5.74, 6) is 0.475. The summed E-state index contributed by atoms with van der Waals surface area (Å²) in [6.45, 7) is -0.170. The van der Waals surface area contributed by atoms with Crippen LogP contribution in [0.4, 0.5) is 11.5 Å². The van der Waals surface area contributed by atoms with Crippen molar-refractivity contribution in [2.45, 2.75) is 0 Å². The number of aromatic nitrogens is 2. The van der Waals surface area contributed by atoms with Crippen molar-refractivity contribution in [3.05, 3.63) is 34.9 Å². The second kappa shape index (κ2) is 5.57. The molecular formula is C13H11BrN4O3. The molecule has 1 aromatic heterocycles. The minimum atomic E-state index is -0.316. The van der Waals surface area contributed by atoms with Crippen molar-refractivity contribution in [1.29, 1.82) is 0 Å². The van der Waals surface area contributed by atoms with Gasteiger partial charge in [0.25, 0.3) is 5.91 Å². The molecule has 1 aliphatic heterocycles. The number of hydrogen-bond donors (Lipinski definition) is 2. The van der Waals surface area contributed by atoms with E-state index in [0.717, 1.165) is 4.47 Å². The van der Waals surface area contributed by atoms with Crippen LogP contribution in [0, 0.1) is 0 Å². The smallest absolute Gasteiger partial charge is 0.265 e. The molecule has 0 radical (unpaired) electrons. The highest BCUT2D eigenvalue weighted by atomic mass is 79.9. The first-order valence-electron chi connectivity index (χ1n) is 6.15. The van der Waals surface area contributed by atoms with Crippen molar-refractivity contribution < 1.29 is 14.3 Å². The number of hydrogen-bond acceptors (Lipinski definition) is 4. The lowest BCUT2D eigenvalue weighted by Gasteiger charge is -2.28. The third-order valence-corrected chi connectivity index (χ3v) is 3.43. The van der Waals surface area contributed by atoms with Crippen molar-refractivity contribution >= 4 is 39.2 Å². The molecule has 1 aliphatic rings. The van der Waals surface area contributed by atoms with E-state index in [0.29, 0.717) is 17.3 Å². The normalized spacial score (nSPS) is 13.6. The van der Waals surface area contributed by atoms with Crippen LogP contribution in [0.15, 0.2) is 34.9 Å². The molecule has 0 aliphatic carbocycles. The number of nitrogens with zero attached hydrogens (tertiary/aromatic N) is 2. The number of rotatable bonds is 3. The van der Waals surface area contributed by atoms with Crippen LogP contribution in [0.25, 0.3) is 0 Å². The highest BCUT2D eigenvalue weighted by molar-refractivity contribution is 9.10. The zero-order chi connectivity index (χ0) is 14.8. The van der Waals surface area contributed by atoms with E-state index in [-0.39, 0.29) is 25.0 Å². The molecule has 7 nitrogen and oxygen atoms in total. The number of amides is 2. The molecule has 2 amide bonds. The summed E-state index contributed by atoms with van der Waals surface area (Å²) in [7, 11) is 0. The van der Waals surface area contributed by atoms with E-state index in [1.54, 1.807) is 24.3 Å². The summed E-state index contributed by atoms with van der Waals surface area (Å²) in [5, 5.41) is 9.00. The molecule has 2 heterocycles. The van der Waals surface area contributed by atoms with Gasteiger partial charge in [0.05, 0.1) is 11.9 Å². The zero-order valence-electron chi connectivity index (χ0n) is 10.8. The Balaban J connectivity index is 1.78. The van der Waals surface area contributed by atoms with Gasteiger partial charge in [0.2, 0.25) is 5.91 Å². The maximum atomic E-state index is 12.0. The maximum Gasteiger partial charge on any atom is 0.265 e. The average molecular weight is 351 g/mol. The molecule has 2 N–H and O–H groups in total. The second-order valence-corrected chi connectivity index (χ2v) is 5.31. The molecule has 2 aromatic rings. The number of carbonyl (C=O) groups excluding carboxylic acids is 2. The molecule has 0 spiro atoms. The molecule has 21 heavy (non-hydrogen) atoms. The van der Waals surface area contributed by atoms with Gasteiger partial charge in [0, 0.05) is 10.5 Å². The summed E-state index contributed by atoms with van der Waals surface area (Å²) >= 11 is 3.34. The van der Waals surface area contributed by atoms with Crippen molar-refractivity contribution in [3.63, 3.8) is 0 Å². The van der Waals surface area contributed by atoms with Crippen molar-refractivity contribution in [2.24, 2.45) is 0 Å². The van der Waals surface area contributed by atoms with Gasteiger partial charge < -0.3 is 10.1 Å². The van der Waals surface area contributed by atoms with E-state index < -0.39 is 0 Å². The van der Waals surface area contributed by atoms with Gasteiger partial charge in [0.1, 0.15) is 18.1 Å². The number of ether oxygens (including phenoxy) is 1. The van der Waals surface area contributed by atoms with Crippen LogP contribution in [0.2, 0.25) is 0 Å². The molecule has 108 valence electrons. The third kappa shape index (κ3) is 2.89. The first-order chi connectivity index (χ1) is 10.1. The number of aromatic amines is 1. The number of nitrogens with one attached hydrogen (secondary N) is 2. The number of anilines is 2. The Hall–Kier alpha value is -2.35. The summed E-state index contributed by atoms with van der Waals surface area (Å²) in [5.41, 5.74) is 0.578. The second-order valence-electron chi connectivity index (χ2n) is 4.40. The Kier molecular flexibility index (Phi) is 3.61. The van der Waals surface area contributed by atoms with Gasteiger partial charge in [0.15, 0.2) is 6.61 Å². The maximum absolute atomic E-state index is 12.0. The van der Waals surface area contributed by atoms with E-state index in [4.69, 9.17) is 4.74 Å². The molecule has 0 saturated heterocycles. The standard InChI is InChI=1S/C13H11BrN4O3/c14-8-1-2-9-10(5-8)21-7-13(20)18(9)6-12(19)16-11-3-4-15-17-11/h1-5H,6-7H2,(H2,15,16,17,19). The van der Waals surface area contributed by atoms with Crippen molar-refractivity contribution in [2.75, 3.05) is 23.4 Å². The topological polar surface area (TPSA) is 87.3 Å². The van der Waals surface area contributed by atoms with Gasteiger partial charge in [-0.05, 0) is 18.2 Å². The quantitative estimate of drug-likeness (QED) is 0.878. The fourth-order valence-corrected chi connectivity index (χ4v) is 2.35. The average Bonchev–Trinajstić information content (AvgIpc) is 2.95. The number of carbonyl (C=O) groups is 2. The Labute approximate surface area is 128 Å². The van der Waals surface area contributed by atoms with Gasteiger partial charge in [-0.15, -0.1) is 0 Å². The minimum Gasteiger partial charge on any atom is -0.482 e. The Bertz CT molecular complexity index is 687. The van der Waals surface area contributed by atoms with E-state index in [1.807, 2.05) is 0 Å². The van der Waals surface area contributed by atoms with Crippen LogP contribution in [-0.2, 0) is 9.59 Å². The number of benzene rings is 1. The van der Waals surface area contributed by atoms with Gasteiger partial charge >= 0.3 is 0 Å². The summed E-state index contributed by atoms with van der Waals surface area (Å²) in [4.78, 5) is 25.4. The molecule has 0 atom stereocenters. The largest absolute Gasteiger partial charge is 0.482 e. The van der Waals surface area contributed by atoms with Crippen LogP contribution in [0.5, 0.6) is 5.75 Å². The first-order valence-corrected chi connectivity index (χ1v) is 6.95. The van der Waals surface area contributed by atoms with Crippen LogP contribution < -0.4 is 15.0 Å². The summed E-state index contributed by atoms with van der Waals surface area (Å²) in [6.07, 6.45) is 1.53. The van der Waals surface area contributed by atoms with Gasteiger partial charge in [-0.2, -0.15) is 5.10 Å². The number of fused-ring (bicyclic) bond motifs is 1. The molecule has 8 heteroatoms. The molecular weight excluding hydrogens is 340 g/mol. The Morgan fingerprint density at radius 2 is 2.33 bits per heavy atom. The summed E-state index contributed by atoms with van der Waals surface area (Å²) in [6, 6.07) is 6.92. The Morgan fingerprint density at radius 1 is 1.48 bits per heavy atom. The van der Waals surface area contributed by atoms with Crippen molar-refractivity contribution in [1.82, 2.24) is 10.2 Å². The third-order valence-electron chi connectivity index (χ3n) is 2.94. The van der Waals surface area contributed by atoms with Crippen LogP contribution in [-0.4, -0.2) is 35.2 Å². The molecule has 1 aromatic carbocycles. The predicted molar refractivity (Wildman–Crippen MR) is 79.2 cm³/mol. The molecule has 0 saturated carbocycles. The lowest BCUT2D eigenvalue weighted by molar-refractivity contribution is -0.123. The fraction of sp³-hybridized carbons (Fsp3) is 0.154. The van der Waals surface area contributed by atoms with Gasteiger partial charge in [-0.1, -0.05) is 15.9 Å². The van der Waals surface area contributed by atoms with E-state index in [1.165, 1.54) is 11.1 Å². The van der Waals surface area contributed by atoms with Crippen LogP contribution in [0.1, 0.15) is 0 Å². The highest BCUT2D eigenvalue weighted by Crippen LogP contribution is 2.34. The summed E-state index contributed by atoms with van der Waals surface area (Å²) < 4.78 is 6.21. The zero-order valence-corrected chi connectivity index (χ0v) is 12.4. The number of H-pyrrole nitrogens is 1. The van der Waals surface area contributed by atoms with E-state index in [2.05, 4.69) is 31.4 Å². The highest BCUT2D eigenvalue weighted by Gasteiger charge is 2.27. The predicted octanol–water partition coefficient (Wildman–Crippen LogP) is 1.54. The van der Waals surface area contributed by atoms with Crippen LogP contribution in [0.3, 0.4) is 0 Å². The lowest BCUT2D eigenvalue weighted by atomic mass is 10.2. The van der Waals surface area contributed by atoms with E-state index in [9.17, 15) is 9.59 Å². The van der Waals surface area contributed by atoms with E-state index >= 15 is 0 Å². The molecule has 0 bridgehead atoms. The minimum absolute atomic E-state index is 0.0825.